The molecule has 33 heavy (non-hydrogen) atoms. The lowest BCUT2D eigenvalue weighted by atomic mass is 10.0. The van der Waals surface area contributed by atoms with Crippen molar-refractivity contribution in [3.63, 3.8) is 0 Å². The molecule has 0 amide bonds. The number of ketones is 1. The summed E-state index contributed by atoms with van der Waals surface area (Å²) in [4.78, 5) is 24.8. The first kappa shape index (κ1) is 22.3. The minimum absolute atomic E-state index is 0.0886. The van der Waals surface area contributed by atoms with Crippen LogP contribution in [0.2, 0.25) is 0 Å². The molecule has 1 aromatic heterocycles. The van der Waals surface area contributed by atoms with Crippen LogP contribution in [0, 0.1) is 0 Å². The second-order valence-electron chi connectivity index (χ2n) is 7.51. The summed E-state index contributed by atoms with van der Waals surface area (Å²) in [6, 6.07) is 19.7. The number of Topliss-reactive ketones (excluding diaryl/α,β-unsaturated/α-hetero) is 1. The van der Waals surface area contributed by atoms with Crippen LogP contribution in [0.5, 0.6) is 0 Å². The largest absolute Gasteiger partial charge is 0.460 e. The normalized spacial score (nSPS) is 11.5. The summed E-state index contributed by atoms with van der Waals surface area (Å²) in [5, 5.41) is 0.569. The van der Waals surface area contributed by atoms with Gasteiger partial charge in [-0.2, -0.15) is 13.2 Å². The number of benzene rings is 3. The van der Waals surface area contributed by atoms with Crippen molar-refractivity contribution in [1.82, 2.24) is 4.57 Å². The van der Waals surface area contributed by atoms with E-state index in [1.165, 1.54) is 12.1 Å². The Labute approximate surface area is 188 Å². The molecule has 168 valence electrons. The molecule has 7 heteroatoms. The first-order chi connectivity index (χ1) is 15.8. The first-order valence-corrected chi connectivity index (χ1v) is 10.3. The van der Waals surface area contributed by atoms with E-state index in [2.05, 4.69) is 0 Å². The molecule has 0 aliphatic carbocycles. The van der Waals surface area contributed by atoms with Crippen LogP contribution < -0.4 is 0 Å². The molecule has 0 aliphatic heterocycles. The number of aromatic nitrogens is 1. The number of halogens is 3. The van der Waals surface area contributed by atoms with Crippen LogP contribution in [-0.4, -0.2) is 22.9 Å². The van der Waals surface area contributed by atoms with E-state index in [4.69, 9.17) is 4.74 Å². The highest BCUT2D eigenvalue weighted by Crippen LogP contribution is 2.33. The molecular weight excluding hydrogens is 431 g/mol. The van der Waals surface area contributed by atoms with E-state index >= 15 is 0 Å². The number of alkyl halides is 3. The third-order valence-corrected chi connectivity index (χ3v) is 5.33. The van der Waals surface area contributed by atoms with Gasteiger partial charge >= 0.3 is 12.1 Å². The molecule has 0 N–H and O–H groups in total. The predicted octanol–water partition coefficient (Wildman–Crippen LogP) is 6.12. The lowest BCUT2D eigenvalue weighted by molar-refractivity contribution is -0.138. The van der Waals surface area contributed by atoms with Crippen LogP contribution in [0.4, 0.5) is 13.2 Å². The van der Waals surface area contributed by atoms with Crippen molar-refractivity contribution in [3.8, 4) is 11.1 Å². The molecule has 0 fully saturated rings. The minimum atomic E-state index is -4.41. The van der Waals surface area contributed by atoms with Gasteiger partial charge in [-0.1, -0.05) is 54.6 Å². The van der Waals surface area contributed by atoms with E-state index in [1.807, 2.05) is 41.0 Å². The molecule has 3 aromatic carbocycles. The summed E-state index contributed by atoms with van der Waals surface area (Å²) in [5.41, 5.74) is 2.48. The number of ether oxygens (including phenoxy) is 1. The monoisotopic (exact) mass is 451 g/mol. The molecule has 0 aliphatic rings. The lowest BCUT2D eigenvalue weighted by Crippen LogP contribution is -2.17. The molecule has 0 bridgehead atoms. The average Bonchev–Trinajstić information content (AvgIpc) is 3.16. The van der Waals surface area contributed by atoms with Crippen LogP contribution in [0.15, 0.2) is 79.0 Å². The fourth-order valence-corrected chi connectivity index (χ4v) is 3.72. The van der Waals surface area contributed by atoms with Crippen molar-refractivity contribution < 1.29 is 27.5 Å². The molecule has 0 atom stereocenters. The van der Waals surface area contributed by atoms with Gasteiger partial charge in [-0.3, -0.25) is 4.79 Å². The van der Waals surface area contributed by atoms with Gasteiger partial charge in [-0.15, -0.1) is 0 Å². The number of esters is 1. The molecular formula is C26H20F3NO3. The van der Waals surface area contributed by atoms with Crippen molar-refractivity contribution in [1.29, 1.82) is 0 Å². The van der Waals surface area contributed by atoms with E-state index < -0.39 is 23.5 Å². The van der Waals surface area contributed by atoms with Crippen LogP contribution in [0.3, 0.4) is 0 Å². The van der Waals surface area contributed by atoms with Crippen LogP contribution >= 0.6 is 0 Å². The van der Waals surface area contributed by atoms with Gasteiger partial charge in [0.2, 0.25) is 0 Å². The maximum Gasteiger partial charge on any atom is 0.416 e. The maximum atomic E-state index is 12.9. The van der Waals surface area contributed by atoms with Crippen molar-refractivity contribution in [2.75, 3.05) is 6.61 Å². The van der Waals surface area contributed by atoms with Crippen LogP contribution in [0.25, 0.3) is 22.0 Å². The Kier molecular flexibility index (Phi) is 6.05. The van der Waals surface area contributed by atoms with E-state index in [-0.39, 0.29) is 12.2 Å². The number of hydrogen-bond acceptors (Lipinski definition) is 3. The maximum absolute atomic E-state index is 12.9. The van der Waals surface area contributed by atoms with E-state index in [9.17, 15) is 22.8 Å². The molecule has 0 unspecified atom stereocenters. The summed E-state index contributed by atoms with van der Waals surface area (Å²) < 4.78 is 45.5. The van der Waals surface area contributed by atoms with Gasteiger partial charge in [0.05, 0.1) is 17.7 Å². The number of carbonyl (C=O) groups excluding carboxylic acids is 2. The number of rotatable bonds is 6. The molecule has 4 aromatic rings. The standard InChI is InChI=1S/C26H20F3NO3/c1-2-33-25(32)24(31)22-16-30(15-17-6-4-3-5-7-17)23-14-19(10-13-21(22)23)18-8-11-20(12-9-18)26(27,28)29/h3-14,16H,2,15H2,1H3. The topological polar surface area (TPSA) is 48.3 Å². The predicted molar refractivity (Wildman–Crippen MR) is 119 cm³/mol. The highest BCUT2D eigenvalue weighted by atomic mass is 19.4. The minimum Gasteiger partial charge on any atom is -0.460 e. The fourth-order valence-electron chi connectivity index (χ4n) is 3.72. The number of fused-ring (bicyclic) bond motifs is 1. The Morgan fingerprint density at radius 1 is 0.909 bits per heavy atom. The Hall–Kier alpha value is -3.87. The Balaban J connectivity index is 1.80. The average molecular weight is 451 g/mol. The second kappa shape index (κ2) is 8.94. The zero-order chi connectivity index (χ0) is 23.6. The third kappa shape index (κ3) is 4.67. The van der Waals surface area contributed by atoms with Crippen molar-refractivity contribution in [2.45, 2.75) is 19.6 Å². The summed E-state index contributed by atoms with van der Waals surface area (Å²) in [5.74, 6) is -1.67. The zero-order valence-corrected chi connectivity index (χ0v) is 17.7. The van der Waals surface area contributed by atoms with Gasteiger partial charge in [-0.05, 0) is 41.8 Å². The number of hydrogen-bond donors (Lipinski definition) is 0. The van der Waals surface area contributed by atoms with Gasteiger partial charge in [0.15, 0.2) is 0 Å². The summed E-state index contributed by atoms with van der Waals surface area (Å²) >= 11 is 0. The molecule has 1 heterocycles. The molecule has 0 saturated heterocycles. The van der Waals surface area contributed by atoms with Gasteiger partial charge in [0.1, 0.15) is 0 Å². The van der Waals surface area contributed by atoms with E-state index in [1.54, 1.807) is 25.3 Å². The molecule has 0 radical (unpaired) electrons. The summed E-state index contributed by atoms with van der Waals surface area (Å²) in [6.07, 6.45) is -2.79. The second-order valence-corrected chi connectivity index (χ2v) is 7.51. The third-order valence-electron chi connectivity index (χ3n) is 5.33. The van der Waals surface area contributed by atoms with Crippen molar-refractivity contribution in [2.24, 2.45) is 0 Å². The van der Waals surface area contributed by atoms with E-state index in [0.29, 0.717) is 28.6 Å². The van der Waals surface area contributed by atoms with Crippen LogP contribution in [0.1, 0.15) is 28.4 Å². The summed E-state index contributed by atoms with van der Waals surface area (Å²) in [7, 11) is 0. The lowest BCUT2D eigenvalue weighted by Gasteiger charge is -2.09. The number of carbonyl (C=O) groups is 2. The highest BCUT2D eigenvalue weighted by Gasteiger charge is 2.30. The zero-order valence-electron chi connectivity index (χ0n) is 17.7. The SMILES string of the molecule is CCOC(=O)C(=O)c1cn(Cc2ccccc2)c2cc(-c3ccc(C(F)(F)F)cc3)ccc12. The molecule has 4 nitrogen and oxygen atoms in total. The van der Waals surface area contributed by atoms with E-state index in [0.717, 1.165) is 17.7 Å². The van der Waals surface area contributed by atoms with Crippen molar-refractivity contribution >= 4 is 22.7 Å². The Morgan fingerprint density at radius 3 is 2.21 bits per heavy atom. The van der Waals surface area contributed by atoms with Crippen molar-refractivity contribution in [3.05, 3.63) is 95.7 Å². The highest BCUT2D eigenvalue weighted by molar-refractivity contribution is 6.43. The fraction of sp³-hybridized carbons (Fsp3) is 0.154. The Morgan fingerprint density at radius 2 is 1.58 bits per heavy atom. The number of nitrogens with zero attached hydrogens (tertiary/aromatic N) is 1. The Bertz CT molecular complexity index is 1310. The molecule has 4 rings (SSSR count). The van der Waals surface area contributed by atoms with Crippen LogP contribution in [-0.2, 0) is 22.3 Å². The van der Waals surface area contributed by atoms with Gasteiger partial charge < -0.3 is 9.30 Å². The van der Waals surface area contributed by atoms with Gasteiger partial charge in [0.25, 0.3) is 5.78 Å². The molecule has 0 spiro atoms. The quantitative estimate of drug-likeness (QED) is 0.202. The first-order valence-electron chi connectivity index (χ1n) is 10.3. The smallest absolute Gasteiger partial charge is 0.416 e. The van der Waals surface area contributed by atoms with Gasteiger partial charge in [0, 0.05) is 23.6 Å². The van der Waals surface area contributed by atoms with Gasteiger partial charge in [-0.25, -0.2) is 4.79 Å². The summed E-state index contributed by atoms with van der Waals surface area (Å²) in [6.45, 7) is 2.16. The molecule has 0 saturated carbocycles.